The molecule has 23 heavy (non-hydrogen) atoms. The van der Waals surface area contributed by atoms with Gasteiger partial charge in [-0.15, -0.1) is 0 Å². The van der Waals surface area contributed by atoms with Gasteiger partial charge in [-0.3, -0.25) is 5.01 Å². The predicted octanol–water partition coefficient (Wildman–Crippen LogP) is 6.77. The highest BCUT2D eigenvalue weighted by Gasteiger charge is 2.22. The van der Waals surface area contributed by atoms with Gasteiger partial charge in [0, 0.05) is 18.3 Å². The molecule has 2 heteroatoms. The molecule has 1 aliphatic rings. The van der Waals surface area contributed by atoms with Crippen LogP contribution in [0.15, 0.2) is 16.9 Å². The molecule has 1 aliphatic heterocycles. The third-order valence-corrected chi connectivity index (χ3v) is 5.40. The predicted molar refractivity (Wildman–Crippen MR) is 104 cm³/mol. The fourth-order valence-electron chi connectivity index (χ4n) is 3.56. The van der Waals surface area contributed by atoms with Crippen LogP contribution < -0.4 is 0 Å². The van der Waals surface area contributed by atoms with Crippen LogP contribution in [0.25, 0.3) is 0 Å². The zero-order chi connectivity index (χ0) is 17.1. The average Bonchev–Trinajstić information content (AvgIpc) is 2.59. The summed E-state index contributed by atoms with van der Waals surface area (Å²) in [6.07, 6.45) is 17.5. The van der Waals surface area contributed by atoms with Gasteiger partial charge in [-0.2, -0.15) is 5.10 Å². The molecule has 0 radical (unpaired) electrons. The van der Waals surface area contributed by atoms with Crippen LogP contribution in [0, 0.1) is 11.8 Å². The SMILES string of the molecule is CCCCC(CC)CC1=CN(C(CC)CCCC)N=CC1CC. The molecule has 0 N–H and O–H groups in total. The highest BCUT2D eigenvalue weighted by molar-refractivity contribution is 5.66. The summed E-state index contributed by atoms with van der Waals surface area (Å²) in [7, 11) is 0. The minimum atomic E-state index is 0.561. The maximum Gasteiger partial charge on any atom is 0.0516 e. The van der Waals surface area contributed by atoms with Crippen molar-refractivity contribution in [3.05, 3.63) is 11.8 Å². The van der Waals surface area contributed by atoms with Gasteiger partial charge in [0.2, 0.25) is 0 Å². The van der Waals surface area contributed by atoms with E-state index in [1.54, 1.807) is 5.57 Å². The topological polar surface area (TPSA) is 15.6 Å². The van der Waals surface area contributed by atoms with Crippen molar-refractivity contribution in [2.75, 3.05) is 0 Å². The lowest BCUT2D eigenvalue weighted by molar-refractivity contribution is 0.251. The highest BCUT2D eigenvalue weighted by Crippen LogP contribution is 2.30. The molecule has 0 aromatic heterocycles. The van der Waals surface area contributed by atoms with Crippen LogP contribution >= 0.6 is 0 Å². The third-order valence-electron chi connectivity index (χ3n) is 5.40. The van der Waals surface area contributed by atoms with E-state index in [1.807, 2.05) is 0 Å². The van der Waals surface area contributed by atoms with E-state index < -0.39 is 0 Å². The number of nitrogens with zero attached hydrogens (tertiary/aromatic N) is 2. The maximum absolute atomic E-state index is 4.78. The van der Waals surface area contributed by atoms with Crippen LogP contribution in [0.2, 0.25) is 0 Å². The molecule has 0 saturated carbocycles. The molecule has 0 spiro atoms. The van der Waals surface area contributed by atoms with Gasteiger partial charge in [0.15, 0.2) is 0 Å². The summed E-state index contributed by atoms with van der Waals surface area (Å²) in [6.45, 7) is 11.5. The fraction of sp³-hybridized carbons (Fsp3) is 0.857. The van der Waals surface area contributed by atoms with Crippen LogP contribution in [0.3, 0.4) is 0 Å². The summed E-state index contributed by atoms with van der Waals surface area (Å²) in [5.74, 6) is 1.41. The first kappa shape index (κ1) is 20.3. The van der Waals surface area contributed by atoms with Crippen LogP contribution in [-0.4, -0.2) is 17.3 Å². The van der Waals surface area contributed by atoms with E-state index in [0.717, 1.165) is 5.92 Å². The van der Waals surface area contributed by atoms with Gasteiger partial charge in [-0.05, 0) is 37.2 Å². The Morgan fingerprint density at radius 1 is 1.00 bits per heavy atom. The largest absolute Gasteiger partial charge is 0.270 e. The molecular formula is C21H40N2. The Hall–Kier alpha value is -0.790. The summed E-state index contributed by atoms with van der Waals surface area (Å²) in [5.41, 5.74) is 1.63. The molecule has 0 aromatic carbocycles. The number of rotatable bonds is 12. The first-order chi connectivity index (χ1) is 11.2. The summed E-state index contributed by atoms with van der Waals surface area (Å²) in [5, 5.41) is 7.06. The molecule has 0 saturated heterocycles. The van der Waals surface area contributed by atoms with Crippen molar-refractivity contribution < 1.29 is 0 Å². The molecule has 3 atom stereocenters. The normalized spacial score (nSPS) is 20.5. The van der Waals surface area contributed by atoms with Crippen molar-refractivity contribution in [2.24, 2.45) is 16.9 Å². The van der Waals surface area contributed by atoms with E-state index in [4.69, 9.17) is 5.10 Å². The third kappa shape index (κ3) is 6.69. The fourth-order valence-corrected chi connectivity index (χ4v) is 3.56. The van der Waals surface area contributed by atoms with E-state index in [9.17, 15) is 0 Å². The van der Waals surface area contributed by atoms with Crippen molar-refractivity contribution in [3.63, 3.8) is 0 Å². The van der Waals surface area contributed by atoms with Crippen LogP contribution in [0.4, 0.5) is 0 Å². The second-order valence-electron chi connectivity index (χ2n) is 7.19. The van der Waals surface area contributed by atoms with Crippen molar-refractivity contribution >= 4 is 6.21 Å². The number of unbranched alkanes of at least 4 members (excludes halogenated alkanes) is 2. The Balaban J connectivity index is 2.77. The Kier molecular flexibility index (Phi) is 10.3. The zero-order valence-corrected chi connectivity index (χ0v) is 16.4. The Labute approximate surface area is 145 Å². The number of allylic oxidation sites excluding steroid dienone is 1. The second kappa shape index (κ2) is 11.7. The summed E-state index contributed by atoms with van der Waals surface area (Å²) in [4.78, 5) is 0. The van der Waals surface area contributed by atoms with Gasteiger partial charge in [-0.1, -0.05) is 73.1 Å². The Bertz CT molecular complexity index is 359. The first-order valence-corrected chi connectivity index (χ1v) is 10.2. The van der Waals surface area contributed by atoms with Crippen LogP contribution in [-0.2, 0) is 0 Å². The Morgan fingerprint density at radius 3 is 2.26 bits per heavy atom. The molecular weight excluding hydrogens is 280 g/mol. The Morgan fingerprint density at radius 2 is 1.70 bits per heavy atom. The minimum Gasteiger partial charge on any atom is -0.270 e. The average molecular weight is 321 g/mol. The van der Waals surface area contributed by atoms with Crippen molar-refractivity contribution in [1.82, 2.24) is 5.01 Å². The van der Waals surface area contributed by atoms with E-state index in [1.165, 1.54) is 64.2 Å². The lowest BCUT2D eigenvalue weighted by Crippen LogP contribution is -2.30. The molecule has 0 aromatic rings. The standard InChI is InChI=1S/C21H40N2/c1-6-11-13-18(8-3)15-20-17-23(22-16-19(20)9-4)21(10-5)14-12-7-2/h16-19,21H,6-15H2,1-5H3. The van der Waals surface area contributed by atoms with Gasteiger partial charge in [0.05, 0.1) is 6.04 Å². The molecule has 134 valence electrons. The van der Waals surface area contributed by atoms with Crippen molar-refractivity contribution in [1.29, 1.82) is 0 Å². The van der Waals surface area contributed by atoms with Gasteiger partial charge in [0.25, 0.3) is 0 Å². The zero-order valence-electron chi connectivity index (χ0n) is 16.4. The summed E-state index contributed by atoms with van der Waals surface area (Å²) in [6, 6.07) is 0.578. The molecule has 2 nitrogen and oxygen atoms in total. The first-order valence-electron chi connectivity index (χ1n) is 10.2. The molecule has 1 heterocycles. The van der Waals surface area contributed by atoms with Gasteiger partial charge >= 0.3 is 0 Å². The highest BCUT2D eigenvalue weighted by atomic mass is 15.5. The van der Waals surface area contributed by atoms with E-state index in [2.05, 4.69) is 52.0 Å². The molecule has 0 amide bonds. The molecule has 0 fully saturated rings. The monoisotopic (exact) mass is 320 g/mol. The van der Waals surface area contributed by atoms with E-state index >= 15 is 0 Å². The minimum absolute atomic E-state index is 0.561. The quantitative estimate of drug-likeness (QED) is 0.387. The van der Waals surface area contributed by atoms with Crippen LogP contribution in [0.1, 0.15) is 98.8 Å². The van der Waals surface area contributed by atoms with E-state index in [0.29, 0.717) is 12.0 Å². The number of hydrogen-bond donors (Lipinski definition) is 0. The van der Waals surface area contributed by atoms with Gasteiger partial charge < -0.3 is 0 Å². The number of hydrogen-bond acceptors (Lipinski definition) is 2. The molecule has 1 rings (SSSR count). The van der Waals surface area contributed by atoms with Crippen LogP contribution in [0.5, 0.6) is 0 Å². The summed E-state index contributed by atoms with van der Waals surface area (Å²) < 4.78 is 0. The van der Waals surface area contributed by atoms with Crippen molar-refractivity contribution in [2.45, 2.75) is 105 Å². The van der Waals surface area contributed by atoms with Gasteiger partial charge in [0.1, 0.15) is 0 Å². The maximum atomic E-state index is 4.78. The second-order valence-corrected chi connectivity index (χ2v) is 7.19. The van der Waals surface area contributed by atoms with Gasteiger partial charge in [-0.25, -0.2) is 0 Å². The lowest BCUT2D eigenvalue weighted by Gasteiger charge is -2.32. The molecule has 3 unspecified atom stereocenters. The van der Waals surface area contributed by atoms with E-state index in [-0.39, 0.29) is 0 Å². The lowest BCUT2D eigenvalue weighted by atomic mass is 9.85. The smallest absolute Gasteiger partial charge is 0.0516 e. The summed E-state index contributed by atoms with van der Waals surface area (Å²) >= 11 is 0. The number of hydrazone groups is 1. The molecule has 0 bridgehead atoms. The molecule has 0 aliphatic carbocycles. The van der Waals surface area contributed by atoms with Crippen molar-refractivity contribution in [3.8, 4) is 0 Å².